The minimum absolute atomic E-state index is 0. The minimum Gasteiger partial charge on any atom is 0 e. The van der Waals surface area contributed by atoms with Crippen LogP contribution in [0, 0.1) is 19.7 Å². The van der Waals surface area contributed by atoms with E-state index in [1.54, 1.807) is 0 Å². The Hall–Kier alpha value is -0.687. The summed E-state index contributed by atoms with van der Waals surface area (Å²) >= 11 is 0. The third kappa shape index (κ3) is 58.6. The predicted molar refractivity (Wildman–Crippen MR) is 33.5 cm³/mol. The second kappa shape index (κ2) is 22.4. The number of hydrogen-bond donors (Lipinski definition) is 0. The fraction of sp³-hybridized carbons (Fsp3) is 0.286. The average Bonchev–Trinajstić information content (AvgIpc) is 1.93. The quantitative estimate of drug-likeness (QED) is 0.309. The molecule has 0 amide bonds. The summed E-state index contributed by atoms with van der Waals surface area (Å²) < 4.78 is 15.0. The Balaban J connectivity index is -0.0000000560. The molecule has 12 heavy (non-hydrogen) atoms. The van der Waals surface area contributed by atoms with E-state index < -0.39 is 0 Å². The van der Waals surface area contributed by atoms with E-state index in [-0.39, 0.29) is 31.0 Å². The molecule has 69 valence electrons. The SMILES string of the molecule is CC(=O)[CH-]C(C)=O.[C-]#[O+].[C-]#[O+].[Rh]. The molecule has 0 aliphatic heterocycles. The molecule has 5 heteroatoms. The van der Waals surface area contributed by atoms with Crippen LogP contribution in [-0.4, -0.2) is 11.6 Å². The summed E-state index contributed by atoms with van der Waals surface area (Å²) in [6, 6.07) is 0. The molecule has 0 atom stereocenters. The number of Topliss-reactive ketones (excluding diaryl/α,β-unsaturated/α-hetero) is 2. The van der Waals surface area contributed by atoms with Gasteiger partial charge in [-0.05, 0) is 13.8 Å². The molecule has 0 N–H and O–H groups in total. The van der Waals surface area contributed by atoms with E-state index >= 15 is 0 Å². The van der Waals surface area contributed by atoms with Crippen LogP contribution in [0.25, 0.3) is 0 Å². The van der Waals surface area contributed by atoms with E-state index in [1.165, 1.54) is 13.8 Å². The van der Waals surface area contributed by atoms with Crippen LogP contribution in [0.4, 0.5) is 0 Å². The second-order valence-electron chi connectivity index (χ2n) is 1.37. The van der Waals surface area contributed by atoms with Crippen LogP contribution in [0.2, 0.25) is 0 Å². The van der Waals surface area contributed by atoms with E-state index in [4.69, 9.17) is 9.30 Å². The van der Waals surface area contributed by atoms with Crippen molar-refractivity contribution in [3.05, 3.63) is 19.7 Å². The van der Waals surface area contributed by atoms with Gasteiger partial charge >= 0.3 is 22.6 Å². The molecule has 0 fully saturated rings. The predicted octanol–water partition coefficient (Wildman–Crippen LogP) is 0.291. The molecule has 0 aliphatic carbocycles. The molecule has 0 aromatic rings. The molecule has 0 rings (SSSR count). The van der Waals surface area contributed by atoms with Crippen molar-refractivity contribution in [2.45, 2.75) is 13.8 Å². The topological polar surface area (TPSA) is 73.9 Å². The van der Waals surface area contributed by atoms with Crippen molar-refractivity contribution in [1.82, 2.24) is 0 Å². The fourth-order valence-electron chi connectivity index (χ4n) is 0.286. The largest absolute Gasteiger partial charge is 0 e. The normalized spacial score (nSPS) is 4.83. The van der Waals surface area contributed by atoms with Crippen molar-refractivity contribution in [3.8, 4) is 0 Å². The summed E-state index contributed by atoms with van der Waals surface area (Å²) in [6.07, 6.45) is 1.06. The molecule has 0 aliphatic rings. The van der Waals surface area contributed by atoms with Crippen molar-refractivity contribution in [2.75, 3.05) is 0 Å². The Labute approximate surface area is 83.9 Å². The molecule has 0 saturated carbocycles. The maximum absolute atomic E-state index is 9.98. The van der Waals surface area contributed by atoms with Crippen molar-refractivity contribution in [2.24, 2.45) is 0 Å². The first-order valence-electron chi connectivity index (χ1n) is 2.39. The number of ketones is 2. The standard InChI is InChI=1S/C5H7O2.2CO.Rh/c1-4(6)3-5(2)7;2*1-2;/h3H,1-2H3;;;/q-1;;;. The molecule has 0 heterocycles. The molecule has 0 unspecified atom stereocenters. The molecule has 0 spiro atoms. The summed E-state index contributed by atoms with van der Waals surface area (Å²) in [5, 5.41) is 0. The number of hydrogen-bond acceptors (Lipinski definition) is 2. The van der Waals surface area contributed by atoms with Crippen LogP contribution in [0.15, 0.2) is 0 Å². The Morgan fingerprint density at radius 2 is 1.17 bits per heavy atom. The van der Waals surface area contributed by atoms with Gasteiger partial charge in [-0.3, -0.25) is 6.42 Å². The minimum atomic E-state index is -0.187. The van der Waals surface area contributed by atoms with Gasteiger partial charge in [-0.15, -0.1) is 0 Å². The van der Waals surface area contributed by atoms with Gasteiger partial charge < -0.3 is 9.59 Å². The van der Waals surface area contributed by atoms with E-state index in [1.807, 2.05) is 0 Å². The molecular weight excluding hydrogens is 251 g/mol. The third-order valence-electron chi connectivity index (χ3n) is 0.407. The van der Waals surface area contributed by atoms with Crippen LogP contribution in [0.3, 0.4) is 0 Å². The third-order valence-corrected chi connectivity index (χ3v) is 0.407. The molecule has 0 saturated heterocycles. The fourth-order valence-corrected chi connectivity index (χ4v) is 0.286. The van der Waals surface area contributed by atoms with Gasteiger partial charge in [-0.25, -0.2) is 0 Å². The zero-order valence-corrected chi connectivity index (χ0v) is 8.18. The Morgan fingerprint density at radius 1 is 1.00 bits per heavy atom. The first-order chi connectivity index (χ1) is 5.13. The summed E-state index contributed by atoms with van der Waals surface area (Å²) in [5.41, 5.74) is 0. The van der Waals surface area contributed by atoms with Gasteiger partial charge in [0.15, 0.2) is 0 Å². The maximum atomic E-state index is 9.98. The maximum Gasteiger partial charge on any atom is 0 e. The first kappa shape index (κ1) is 22.5. The van der Waals surface area contributed by atoms with Gasteiger partial charge in [0.2, 0.25) is 0 Å². The second-order valence-corrected chi connectivity index (χ2v) is 1.37. The molecule has 4 nitrogen and oxygen atoms in total. The zero-order chi connectivity index (χ0) is 9.86. The smallest absolute Gasteiger partial charge is 0 e. The van der Waals surface area contributed by atoms with Crippen LogP contribution in [-0.2, 0) is 38.4 Å². The molecule has 0 bridgehead atoms. The summed E-state index contributed by atoms with van der Waals surface area (Å²) in [4.78, 5) is 20.0. The monoisotopic (exact) mass is 258 g/mol. The summed E-state index contributed by atoms with van der Waals surface area (Å²) in [6.45, 7) is 11.7. The van der Waals surface area contributed by atoms with Gasteiger partial charge in [-0.1, -0.05) is 0 Å². The van der Waals surface area contributed by atoms with E-state index in [0.29, 0.717) is 0 Å². The van der Waals surface area contributed by atoms with Gasteiger partial charge in [0.05, 0.1) is 0 Å². The van der Waals surface area contributed by atoms with Gasteiger partial charge in [0, 0.05) is 31.0 Å². The first-order valence-corrected chi connectivity index (χ1v) is 2.39. The van der Waals surface area contributed by atoms with E-state index in [2.05, 4.69) is 13.3 Å². The van der Waals surface area contributed by atoms with Gasteiger partial charge in [-0.2, -0.15) is 0 Å². The number of rotatable bonds is 2. The summed E-state index contributed by atoms with van der Waals surface area (Å²) in [7, 11) is 0. The van der Waals surface area contributed by atoms with Crippen molar-refractivity contribution in [3.63, 3.8) is 0 Å². The van der Waals surface area contributed by atoms with E-state index in [0.717, 1.165) is 6.42 Å². The van der Waals surface area contributed by atoms with Crippen LogP contribution in [0.1, 0.15) is 13.8 Å². The van der Waals surface area contributed by atoms with Crippen LogP contribution < -0.4 is 0 Å². The molecule has 1 radical (unpaired) electrons. The molecular formula is C7H7O4Rh-. The zero-order valence-electron chi connectivity index (χ0n) is 6.54. The van der Waals surface area contributed by atoms with Crippen molar-refractivity contribution >= 4 is 11.6 Å². The van der Waals surface area contributed by atoms with Crippen molar-refractivity contribution < 1.29 is 38.4 Å². The van der Waals surface area contributed by atoms with Crippen LogP contribution in [0.5, 0.6) is 0 Å². The summed E-state index contributed by atoms with van der Waals surface area (Å²) in [5.74, 6) is -0.375. The molecule has 0 aromatic carbocycles. The van der Waals surface area contributed by atoms with Crippen molar-refractivity contribution in [1.29, 1.82) is 0 Å². The number of carbonyl (C=O) groups excluding carboxylic acids is 2. The van der Waals surface area contributed by atoms with Gasteiger partial charge in [0.25, 0.3) is 0 Å². The average molecular weight is 258 g/mol. The van der Waals surface area contributed by atoms with E-state index in [9.17, 15) is 9.59 Å². The Morgan fingerprint density at radius 3 is 1.17 bits per heavy atom. The number of carbonyl (C=O) groups is 2. The Kier molecular flexibility index (Phi) is 42.1. The Bertz CT molecular complexity index is 141. The molecule has 0 aromatic heterocycles. The van der Waals surface area contributed by atoms with Crippen LogP contribution >= 0.6 is 0 Å². The van der Waals surface area contributed by atoms with Gasteiger partial charge in [0.1, 0.15) is 0 Å².